The van der Waals surface area contributed by atoms with Crippen LogP contribution in [0.4, 0.5) is 5.69 Å². The zero-order chi connectivity index (χ0) is 19.1. The van der Waals surface area contributed by atoms with E-state index in [0.29, 0.717) is 17.0 Å². The molecule has 0 fully saturated rings. The van der Waals surface area contributed by atoms with E-state index in [4.69, 9.17) is 14.7 Å². The Bertz CT molecular complexity index is 838. The Morgan fingerprint density at radius 3 is 2.50 bits per heavy atom. The number of hydrogen-bond acceptors (Lipinski definition) is 5. The molecule has 1 atom stereocenters. The van der Waals surface area contributed by atoms with Crippen molar-refractivity contribution in [2.75, 3.05) is 11.9 Å². The Balaban J connectivity index is 1.84. The lowest BCUT2D eigenvalue weighted by atomic mass is 10.1. The van der Waals surface area contributed by atoms with Crippen LogP contribution in [0.1, 0.15) is 23.6 Å². The van der Waals surface area contributed by atoms with Crippen LogP contribution in [-0.2, 0) is 14.3 Å². The molecule has 0 aliphatic rings. The SMILES string of the molecule is Cc1cccc(NC(=O)COC(=O)[C@@H](C)Oc2ccc(C#N)cc2)c1C. The van der Waals surface area contributed by atoms with Crippen molar-refractivity contribution in [2.45, 2.75) is 26.9 Å². The second-order valence-corrected chi connectivity index (χ2v) is 5.80. The van der Waals surface area contributed by atoms with Crippen molar-refractivity contribution in [1.29, 1.82) is 5.26 Å². The topological polar surface area (TPSA) is 88.4 Å². The molecule has 2 aromatic rings. The maximum atomic E-state index is 12.0. The number of amides is 1. The van der Waals surface area contributed by atoms with Crippen LogP contribution in [0.2, 0.25) is 0 Å². The third-order valence-electron chi connectivity index (χ3n) is 3.85. The molecule has 1 amide bonds. The molecule has 0 saturated carbocycles. The summed E-state index contributed by atoms with van der Waals surface area (Å²) >= 11 is 0. The highest BCUT2D eigenvalue weighted by Crippen LogP contribution is 2.18. The van der Waals surface area contributed by atoms with E-state index >= 15 is 0 Å². The number of nitrogens with zero attached hydrogens (tertiary/aromatic N) is 1. The molecule has 6 heteroatoms. The smallest absolute Gasteiger partial charge is 0.347 e. The molecule has 0 aliphatic heterocycles. The van der Waals surface area contributed by atoms with E-state index in [9.17, 15) is 9.59 Å². The molecule has 134 valence electrons. The molecule has 0 unspecified atom stereocenters. The lowest BCUT2D eigenvalue weighted by Crippen LogP contribution is -2.29. The zero-order valence-electron chi connectivity index (χ0n) is 14.9. The summed E-state index contributed by atoms with van der Waals surface area (Å²) in [4.78, 5) is 23.9. The van der Waals surface area contributed by atoms with Crippen molar-refractivity contribution in [2.24, 2.45) is 0 Å². The third kappa shape index (κ3) is 5.08. The maximum absolute atomic E-state index is 12.0. The largest absolute Gasteiger partial charge is 0.479 e. The number of carbonyl (C=O) groups excluding carboxylic acids is 2. The van der Waals surface area contributed by atoms with Crippen LogP contribution in [0.5, 0.6) is 5.75 Å². The first-order valence-electron chi connectivity index (χ1n) is 8.10. The molecule has 0 spiro atoms. The molecule has 1 N–H and O–H groups in total. The summed E-state index contributed by atoms with van der Waals surface area (Å²) < 4.78 is 10.4. The summed E-state index contributed by atoms with van der Waals surface area (Å²) in [5.41, 5.74) is 3.21. The van der Waals surface area contributed by atoms with Crippen molar-refractivity contribution in [3.63, 3.8) is 0 Å². The number of ether oxygens (including phenoxy) is 2. The van der Waals surface area contributed by atoms with E-state index in [1.807, 2.05) is 32.0 Å². The van der Waals surface area contributed by atoms with Crippen LogP contribution < -0.4 is 10.1 Å². The van der Waals surface area contributed by atoms with Gasteiger partial charge in [0.1, 0.15) is 5.75 Å². The molecule has 0 radical (unpaired) electrons. The highest BCUT2D eigenvalue weighted by molar-refractivity contribution is 5.93. The molecule has 0 bridgehead atoms. The first-order chi connectivity index (χ1) is 12.4. The first-order valence-corrected chi connectivity index (χ1v) is 8.10. The van der Waals surface area contributed by atoms with Crippen LogP contribution >= 0.6 is 0 Å². The minimum atomic E-state index is -0.878. The summed E-state index contributed by atoms with van der Waals surface area (Å²) in [7, 11) is 0. The number of nitrogens with one attached hydrogen (secondary N) is 1. The zero-order valence-corrected chi connectivity index (χ0v) is 14.9. The molecule has 0 saturated heterocycles. The average molecular weight is 352 g/mol. The quantitative estimate of drug-likeness (QED) is 0.807. The fourth-order valence-electron chi connectivity index (χ4n) is 2.19. The first kappa shape index (κ1) is 19.0. The number of aryl methyl sites for hydroxylation is 1. The minimum Gasteiger partial charge on any atom is -0.479 e. The number of carbonyl (C=O) groups is 2. The minimum absolute atomic E-state index is 0.396. The molecule has 26 heavy (non-hydrogen) atoms. The molecule has 6 nitrogen and oxygen atoms in total. The second-order valence-electron chi connectivity index (χ2n) is 5.80. The van der Waals surface area contributed by atoms with E-state index in [2.05, 4.69) is 5.32 Å². The van der Waals surface area contributed by atoms with Crippen molar-refractivity contribution >= 4 is 17.6 Å². The summed E-state index contributed by atoms with van der Waals surface area (Å²) in [5, 5.41) is 11.5. The summed E-state index contributed by atoms with van der Waals surface area (Å²) in [5.74, 6) is -0.628. The lowest BCUT2D eigenvalue weighted by molar-refractivity contribution is -0.153. The van der Waals surface area contributed by atoms with E-state index in [-0.39, 0.29) is 0 Å². The second kappa shape index (κ2) is 8.67. The molecular weight excluding hydrogens is 332 g/mol. The van der Waals surface area contributed by atoms with Crippen LogP contribution in [0.3, 0.4) is 0 Å². The van der Waals surface area contributed by atoms with Gasteiger partial charge in [-0.05, 0) is 62.2 Å². The highest BCUT2D eigenvalue weighted by Gasteiger charge is 2.18. The van der Waals surface area contributed by atoms with Crippen molar-refractivity contribution in [3.8, 4) is 11.8 Å². The Morgan fingerprint density at radius 2 is 1.85 bits per heavy atom. The van der Waals surface area contributed by atoms with Crippen molar-refractivity contribution in [1.82, 2.24) is 0 Å². The standard InChI is InChI=1S/C20H20N2O4/c1-13-5-4-6-18(14(13)2)22-19(23)12-25-20(24)15(3)26-17-9-7-16(11-21)8-10-17/h4-10,15H,12H2,1-3H3,(H,22,23)/t15-/m1/s1. The lowest BCUT2D eigenvalue weighted by Gasteiger charge is -2.14. The summed E-state index contributed by atoms with van der Waals surface area (Å²) in [6.07, 6.45) is -0.878. The molecule has 0 aromatic heterocycles. The Kier molecular flexibility index (Phi) is 6.34. The average Bonchev–Trinajstić information content (AvgIpc) is 2.64. The van der Waals surface area contributed by atoms with Gasteiger partial charge in [-0.15, -0.1) is 0 Å². The summed E-state index contributed by atoms with van der Waals surface area (Å²) in [6, 6.07) is 13.9. The van der Waals surface area contributed by atoms with Crippen LogP contribution in [0.25, 0.3) is 0 Å². The molecule has 2 aromatic carbocycles. The number of hydrogen-bond donors (Lipinski definition) is 1. The fourth-order valence-corrected chi connectivity index (χ4v) is 2.19. The van der Waals surface area contributed by atoms with Crippen LogP contribution in [0, 0.1) is 25.2 Å². The normalized spacial score (nSPS) is 11.2. The van der Waals surface area contributed by atoms with E-state index in [0.717, 1.165) is 11.1 Å². The van der Waals surface area contributed by atoms with Gasteiger partial charge in [0, 0.05) is 5.69 Å². The number of nitriles is 1. The van der Waals surface area contributed by atoms with Gasteiger partial charge < -0.3 is 14.8 Å². The predicted molar refractivity (Wildman–Crippen MR) is 96.8 cm³/mol. The van der Waals surface area contributed by atoms with Gasteiger partial charge >= 0.3 is 5.97 Å². The Morgan fingerprint density at radius 1 is 1.15 bits per heavy atom. The van der Waals surface area contributed by atoms with Crippen LogP contribution in [0.15, 0.2) is 42.5 Å². The predicted octanol–water partition coefficient (Wildman–Crippen LogP) is 3.12. The van der Waals surface area contributed by atoms with Gasteiger partial charge in [0.2, 0.25) is 0 Å². The van der Waals surface area contributed by atoms with E-state index in [1.165, 1.54) is 6.92 Å². The maximum Gasteiger partial charge on any atom is 0.347 e. The number of benzene rings is 2. The molecular formula is C20H20N2O4. The molecule has 0 heterocycles. The monoisotopic (exact) mass is 352 g/mol. The highest BCUT2D eigenvalue weighted by atomic mass is 16.6. The van der Waals surface area contributed by atoms with Gasteiger partial charge in [0.05, 0.1) is 11.6 Å². The number of esters is 1. The van der Waals surface area contributed by atoms with Gasteiger partial charge in [-0.25, -0.2) is 4.79 Å². The van der Waals surface area contributed by atoms with Crippen LogP contribution in [-0.4, -0.2) is 24.6 Å². The van der Waals surface area contributed by atoms with E-state index < -0.39 is 24.6 Å². The Labute approximate surface area is 152 Å². The van der Waals surface area contributed by atoms with Gasteiger partial charge in [0.15, 0.2) is 12.7 Å². The van der Waals surface area contributed by atoms with Crippen molar-refractivity contribution in [3.05, 3.63) is 59.2 Å². The number of anilines is 1. The molecule has 2 rings (SSSR count). The fraction of sp³-hybridized carbons (Fsp3) is 0.250. The Hall–Kier alpha value is -3.33. The summed E-state index contributed by atoms with van der Waals surface area (Å²) in [6.45, 7) is 4.99. The number of rotatable bonds is 6. The molecule has 0 aliphatic carbocycles. The van der Waals surface area contributed by atoms with E-state index in [1.54, 1.807) is 30.3 Å². The van der Waals surface area contributed by atoms with Crippen molar-refractivity contribution < 1.29 is 19.1 Å². The van der Waals surface area contributed by atoms with Gasteiger partial charge in [-0.2, -0.15) is 5.26 Å². The van der Waals surface area contributed by atoms with Gasteiger partial charge in [-0.1, -0.05) is 12.1 Å². The third-order valence-corrected chi connectivity index (χ3v) is 3.85. The van der Waals surface area contributed by atoms with Gasteiger partial charge in [0.25, 0.3) is 5.91 Å². The van der Waals surface area contributed by atoms with Gasteiger partial charge in [-0.3, -0.25) is 4.79 Å².